The molecule has 22 heavy (non-hydrogen) atoms. The van der Waals surface area contributed by atoms with Gasteiger partial charge in [0.05, 0.1) is 12.1 Å². The number of anilines is 1. The van der Waals surface area contributed by atoms with Gasteiger partial charge in [-0.1, -0.05) is 0 Å². The fourth-order valence-corrected chi connectivity index (χ4v) is 1.92. The SMILES string of the molecule is CC(=O)Nc1ccc(F)c(C(=O)OC(C)Cn2cccn2)c1. The van der Waals surface area contributed by atoms with Crippen molar-refractivity contribution < 1.29 is 18.7 Å². The molecule has 2 aromatic rings. The highest BCUT2D eigenvalue weighted by atomic mass is 19.1. The van der Waals surface area contributed by atoms with Crippen LogP contribution in [0.5, 0.6) is 0 Å². The molecular formula is C15H16FN3O3. The van der Waals surface area contributed by atoms with Crippen LogP contribution in [0.4, 0.5) is 10.1 Å². The van der Waals surface area contributed by atoms with Gasteiger partial charge in [-0.15, -0.1) is 0 Å². The van der Waals surface area contributed by atoms with Crippen molar-refractivity contribution in [1.29, 1.82) is 0 Å². The molecule has 0 aliphatic heterocycles. The monoisotopic (exact) mass is 305 g/mol. The van der Waals surface area contributed by atoms with Gasteiger partial charge >= 0.3 is 5.97 Å². The lowest BCUT2D eigenvalue weighted by molar-refractivity contribution is -0.114. The molecule has 0 aliphatic carbocycles. The summed E-state index contributed by atoms with van der Waals surface area (Å²) in [5.74, 6) is -1.80. The van der Waals surface area contributed by atoms with E-state index in [0.29, 0.717) is 12.2 Å². The first-order valence-corrected chi connectivity index (χ1v) is 6.71. The van der Waals surface area contributed by atoms with E-state index >= 15 is 0 Å². The van der Waals surface area contributed by atoms with E-state index in [0.717, 1.165) is 6.07 Å². The first-order valence-electron chi connectivity index (χ1n) is 6.71. The number of benzene rings is 1. The van der Waals surface area contributed by atoms with Crippen LogP contribution in [0, 0.1) is 5.82 Å². The van der Waals surface area contributed by atoms with Crippen molar-refractivity contribution in [3.8, 4) is 0 Å². The normalized spacial score (nSPS) is 11.8. The molecule has 6 nitrogen and oxygen atoms in total. The number of carbonyl (C=O) groups excluding carboxylic acids is 2. The molecule has 2 rings (SSSR count). The lowest BCUT2D eigenvalue weighted by Gasteiger charge is -2.14. The number of esters is 1. The molecule has 1 N–H and O–H groups in total. The van der Waals surface area contributed by atoms with E-state index in [1.165, 1.54) is 19.1 Å². The molecule has 1 aromatic carbocycles. The first-order chi connectivity index (χ1) is 10.5. The van der Waals surface area contributed by atoms with Crippen molar-refractivity contribution in [2.75, 3.05) is 5.32 Å². The van der Waals surface area contributed by atoms with Gasteiger partial charge in [0.1, 0.15) is 11.9 Å². The smallest absolute Gasteiger partial charge is 0.341 e. The number of ether oxygens (including phenoxy) is 1. The molecule has 0 bridgehead atoms. The highest BCUT2D eigenvalue weighted by Gasteiger charge is 2.17. The van der Waals surface area contributed by atoms with Crippen LogP contribution in [0.1, 0.15) is 24.2 Å². The summed E-state index contributed by atoms with van der Waals surface area (Å²) in [4.78, 5) is 23.0. The predicted molar refractivity (Wildman–Crippen MR) is 77.8 cm³/mol. The fraction of sp³-hybridized carbons (Fsp3) is 0.267. The van der Waals surface area contributed by atoms with Crippen LogP contribution in [0.2, 0.25) is 0 Å². The lowest BCUT2D eigenvalue weighted by atomic mass is 10.2. The Hall–Kier alpha value is -2.70. The number of rotatable bonds is 5. The van der Waals surface area contributed by atoms with Crippen LogP contribution in [-0.4, -0.2) is 27.8 Å². The van der Waals surface area contributed by atoms with Crippen molar-refractivity contribution in [2.24, 2.45) is 0 Å². The summed E-state index contributed by atoms with van der Waals surface area (Å²) in [6.07, 6.45) is 2.88. The highest BCUT2D eigenvalue weighted by Crippen LogP contribution is 2.16. The molecule has 1 atom stereocenters. The van der Waals surface area contributed by atoms with Crippen molar-refractivity contribution >= 4 is 17.6 Å². The zero-order valence-electron chi connectivity index (χ0n) is 12.2. The predicted octanol–water partition coefficient (Wildman–Crippen LogP) is 2.23. The summed E-state index contributed by atoms with van der Waals surface area (Å²) in [6, 6.07) is 5.49. The number of hydrogen-bond donors (Lipinski definition) is 1. The maximum atomic E-state index is 13.8. The van der Waals surface area contributed by atoms with Crippen molar-refractivity contribution in [1.82, 2.24) is 9.78 Å². The van der Waals surface area contributed by atoms with Gasteiger partial charge in [0.25, 0.3) is 0 Å². The Morgan fingerprint density at radius 1 is 1.45 bits per heavy atom. The molecule has 1 unspecified atom stereocenters. The Kier molecular flexibility index (Phi) is 4.88. The Bertz CT molecular complexity index is 671. The average molecular weight is 305 g/mol. The third-order valence-corrected chi connectivity index (χ3v) is 2.82. The summed E-state index contributed by atoms with van der Waals surface area (Å²) < 4.78 is 20.6. The van der Waals surface area contributed by atoms with E-state index < -0.39 is 17.9 Å². The lowest BCUT2D eigenvalue weighted by Crippen LogP contribution is -2.21. The van der Waals surface area contributed by atoms with E-state index in [1.807, 2.05) is 0 Å². The molecule has 0 spiro atoms. The highest BCUT2D eigenvalue weighted by molar-refractivity contribution is 5.94. The van der Waals surface area contributed by atoms with E-state index in [2.05, 4.69) is 10.4 Å². The zero-order chi connectivity index (χ0) is 16.1. The number of hydrogen-bond acceptors (Lipinski definition) is 4. The van der Waals surface area contributed by atoms with Gasteiger partial charge in [-0.2, -0.15) is 5.10 Å². The van der Waals surface area contributed by atoms with E-state index in [9.17, 15) is 14.0 Å². The summed E-state index contributed by atoms with van der Waals surface area (Å²) in [7, 11) is 0. The molecule has 1 aromatic heterocycles. The molecule has 0 radical (unpaired) electrons. The molecule has 1 heterocycles. The van der Waals surface area contributed by atoms with E-state index in [4.69, 9.17) is 4.74 Å². The van der Waals surface area contributed by atoms with E-state index in [-0.39, 0.29) is 11.5 Å². The minimum absolute atomic E-state index is 0.224. The number of halogens is 1. The molecule has 0 saturated heterocycles. The summed E-state index contributed by atoms with van der Waals surface area (Å²) in [5, 5.41) is 6.49. The molecular weight excluding hydrogens is 289 g/mol. The molecule has 116 valence electrons. The van der Waals surface area contributed by atoms with Crippen molar-refractivity contribution in [3.05, 3.63) is 48.0 Å². The topological polar surface area (TPSA) is 73.2 Å². The fourth-order valence-electron chi connectivity index (χ4n) is 1.92. The first kappa shape index (κ1) is 15.7. The molecule has 0 fully saturated rings. The number of aromatic nitrogens is 2. The number of nitrogens with zero attached hydrogens (tertiary/aromatic N) is 2. The number of nitrogens with one attached hydrogen (secondary N) is 1. The largest absolute Gasteiger partial charge is 0.457 e. The van der Waals surface area contributed by atoms with Crippen LogP contribution in [0.15, 0.2) is 36.7 Å². The van der Waals surface area contributed by atoms with Gasteiger partial charge < -0.3 is 10.1 Å². The second kappa shape index (κ2) is 6.84. The summed E-state index contributed by atoms with van der Waals surface area (Å²) in [5.41, 5.74) is 0.110. The molecule has 0 aliphatic rings. The third-order valence-electron chi connectivity index (χ3n) is 2.82. The third kappa shape index (κ3) is 4.15. The number of amides is 1. The molecule has 7 heteroatoms. The zero-order valence-corrected chi connectivity index (χ0v) is 12.2. The summed E-state index contributed by atoms with van der Waals surface area (Å²) >= 11 is 0. The standard InChI is InChI=1S/C15H16FN3O3/c1-10(9-19-7-3-6-17-19)22-15(21)13-8-12(18-11(2)20)4-5-14(13)16/h3-8,10H,9H2,1-2H3,(H,18,20). The Morgan fingerprint density at radius 2 is 2.23 bits per heavy atom. The Balaban J connectivity index is 2.06. The molecule has 0 saturated carbocycles. The molecule has 1 amide bonds. The van der Waals surface area contributed by atoms with Crippen LogP contribution in [0.25, 0.3) is 0 Å². The second-order valence-electron chi connectivity index (χ2n) is 4.82. The van der Waals surface area contributed by atoms with Crippen molar-refractivity contribution in [2.45, 2.75) is 26.5 Å². The summed E-state index contributed by atoms with van der Waals surface area (Å²) in [6.45, 7) is 3.38. The van der Waals surface area contributed by atoms with Crippen LogP contribution >= 0.6 is 0 Å². The van der Waals surface area contributed by atoms with Crippen LogP contribution in [0.3, 0.4) is 0 Å². The average Bonchev–Trinajstić information content (AvgIpc) is 2.92. The van der Waals surface area contributed by atoms with Gasteiger partial charge in [0, 0.05) is 25.0 Å². The van der Waals surface area contributed by atoms with Gasteiger partial charge in [-0.25, -0.2) is 9.18 Å². The van der Waals surface area contributed by atoms with Gasteiger partial charge in [0.2, 0.25) is 5.91 Å². The van der Waals surface area contributed by atoms with Crippen molar-refractivity contribution in [3.63, 3.8) is 0 Å². The second-order valence-corrected chi connectivity index (χ2v) is 4.82. The van der Waals surface area contributed by atoms with Gasteiger partial charge in [-0.3, -0.25) is 9.48 Å². The quantitative estimate of drug-likeness (QED) is 0.860. The van der Waals surface area contributed by atoms with Crippen LogP contribution in [-0.2, 0) is 16.1 Å². The van der Waals surface area contributed by atoms with E-state index in [1.54, 1.807) is 30.1 Å². The maximum Gasteiger partial charge on any atom is 0.341 e. The van der Waals surface area contributed by atoms with Crippen LogP contribution < -0.4 is 5.32 Å². The number of carbonyl (C=O) groups is 2. The van der Waals surface area contributed by atoms with Gasteiger partial charge in [-0.05, 0) is 31.2 Å². The van der Waals surface area contributed by atoms with Gasteiger partial charge in [0.15, 0.2) is 0 Å². The minimum atomic E-state index is -0.788. The Morgan fingerprint density at radius 3 is 2.86 bits per heavy atom. The maximum absolute atomic E-state index is 13.8. The Labute approximate surface area is 126 Å². The minimum Gasteiger partial charge on any atom is -0.457 e.